The Morgan fingerprint density at radius 2 is 1.59 bits per heavy atom. The molecule has 0 bridgehead atoms. The van der Waals surface area contributed by atoms with Crippen LogP contribution in [-0.2, 0) is 4.79 Å². The van der Waals surface area contributed by atoms with E-state index in [1.54, 1.807) is 38.5 Å². The molecule has 1 aliphatic heterocycles. The zero-order valence-corrected chi connectivity index (χ0v) is 19.5. The van der Waals surface area contributed by atoms with E-state index in [0.29, 0.717) is 17.7 Å². The van der Waals surface area contributed by atoms with Crippen LogP contribution in [-0.4, -0.2) is 62.9 Å². The molecule has 0 N–H and O–H groups in total. The second kappa shape index (κ2) is 10.8. The number of piperazine rings is 1. The molecular formula is C25H31ClN2O4. The number of ketones is 2. The number of para-hydroxylation sites is 2. The molecule has 0 spiro atoms. The Hall–Kier alpha value is -2.57. The molecule has 2 atom stereocenters. The number of anilines is 1. The lowest BCUT2D eigenvalue weighted by molar-refractivity contribution is -0.129. The fourth-order valence-corrected chi connectivity index (χ4v) is 4.78. The van der Waals surface area contributed by atoms with Crippen LogP contribution in [0.15, 0.2) is 48.5 Å². The van der Waals surface area contributed by atoms with Crippen LogP contribution in [0.1, 0.15) is 29.6 Å². The normalized spacial score (nSPS) is 21.6. The van der Waals surface area contributed by atoms with Crippen molar-refractivity contribution < 1.29 is 19.1 Å². The first-order valence-electron chi connectivity index (χ1n) is 11.0. The number of hydrogen-bond donors (Lipinski definition) is 0. The lowest BCUT2D eigenvalue weighted by Gasteiger charge is -2.42. The lowest BCUT2D eigenvalue weighted by Crippen LogP contribution is -2.55. The molecule has 0 aromatic heterocycles. The molecule has 4 rings (SSSR count). The molecule has 1 saturated carbocycles. The van der Waals surface area contributed by atoms with E-state index in [1.807, 2.05) is 18.2 Å². The van der Waals surface area contributed by atoms with Crippen molar-refractivity contribution in [3.05, 3.63) is 54.1 Å². The molecule has 0 amide bonds. The van der Waals surface area contributed by atoms with Crippen molar-refractivity contribution in [3.8, 4) is 11.5 Å². The SMILES string of the molecule is COc1ccc(C(=O)C2CCCC(N3CCN(c4ccccc4OC)CC3)C2=O)cc1.Cl. The van der Waals surface area contributed by atoms with Crippen molar-refractivity contribution in [1.82, 2.24) is 4.90 Å². The highest BCUT2D eigenvalue weighted by atomic mass is 35.5. The van der Waals surface area contributed by atoms with Gasteiger partial charge in [0.2, 0.25) is 0 Å². The summed E-state index contributed by atoms with van der Waals surface area (Å²) in [6.45, 7) is 3.28. The van der Waals surface area contributed by atoms with Crippen molar-refractivity contribution >= 4 is 29.7 Å². The average molecular weight is 459 g/mol. The number of ether oxygens (including phenoxy) is 2. The summed E-state index contributed by atoms with van der Waals surface area (Å²) in [5.74, 6) is 1.05. The van der Waals surface area contributed by atoms with Crippen LogP contribution >= 0.6 is 12.4 Å². The molecule has 1 heterocycles. The van der Waals surface area contributed by atoms with E-state index in [9.17, 15) is 9.59 Å². The van der Waals surface area contributed by atoms with Gasteiger partial charge in [-0.05, 0) is 49.2 Å². The third kappa shape index (κ3) is 4.92. The van der Waals surface area contributed by atoms with Crippen molar-refractivity contribution in [3.63, 3.8) is 0 Å². The van der Waals surface area contributed by atoms with Crippen LogP contribution in [0.3, 0.4) is 0 Å². The molecular weight excluding hydrogens is 428 g/mol. The zero-order chi connectivity index (χ0) is 21.8. The number of Topliss-reactive ketones (excluding diaryl/α,β-unsaturated/α-hetero) is 2. The van der Waals surface area contributed by atoms with E-state index in [0.717, 1.165) is 50.5 Å². The van der Waals surface area contributed by atoms with Crippen molar-refractivity contribution in [1.29, 1.82) is 0 Å². The Morgan fingerprint density at radius 1 is 0.906 bits per heavy atom. The van der Waals surface area contributed by atoms with Crippen molar-refractivity contribution in [2.45, 2.75) is 25.3 Å². The van der Waals surface area contributed by atoms with Crippen LogP contribution in [0.2, 0.25) is 0 Å². The van der Waals surface area contributed by atoms with Gasteiger partial charge in [0.15, 0.2) is 11.6 Å². The third-order valence-corrected chi connectivity index (χ3v) is 6.51. The number of hydrogen-bond acceptors (Lipinski definition) is 6. The minimum Gasteiger partial charge on any atom is -0.497 e. The second-order valence-corrected chi connectivity index (χ2v) is 8.19. The third-order valence-electron chi connectivity index (χ3n) is 6.51. The van der Waals surface area contributed by atoms with E-state index >= 15 is 0 Å². The minimum atomic E-state index is -0.542. The van der Waals surface area contributed by atoms with Gasteiger partial charge in [-0.3, -0.25) is 14.5 Å². The largest absolute Gasteiger partial charge is 0.497 e. The van der Waals surface area contributed by atoms with Crippen LogP contribution in [0.5, 0.6) is 11.5 Å². The number of methoxy groups -OCH3 is 2. The van der Waals surface area contributed by atoms with Gasteiger partial charge in [-0.25, -0.2) is 0 Å². The van der Waals surface area contributed by atoms with Crippen LogP contribution in [0.4, 0.5) is 5.69 Å². The molecule has 172 valence electrons. The quantitative estimate of drug-likeness (QED) is 0.484. The van der Waals surface area contributed by atoms with Gasteiger partial charge in [0.25, 0.3) is 0 Å². The maximum absolute atomic E-state index is 13.3. The zero-order valence-electron chi connectivity index (χ0n) is 18.7. The molecule has 6 nitrogen and oxygen atoms in total. The molecule has 32 heavy (non-hydrogen) atoms. The van der Waals surface area contributed by atoms with Crippen LogP contribution < -0.4 is 14.4 Å². The first kappa shape index (κ1) is 24.1. The molecule has 7 heteroatoms. The molecule has 1 aliphatic carbocycles. The molecule has 2 aliphatic rings. The van der Waals surface area contributed by atoms with Crippen molar-refractivity contribution in [2.75, 3.05) is 45.3 Å². The van der Waals surface area contributed by atoms with Crippen LogP contribution in [0, 0.1) is 5.92 Å². The molecule has 2 fully saturated rings. The van der Waals surface area contributed by atoms with Gasteiger partial charge in [-0.2, -0.15) is 0 Å². The highest BCUT2D eigenvalue weighted by Gasteiger charge is 2.39. The summed E-state index contributed by atoms with van der Waals surface area (Å²) in [6.07, 6.45) is 2.37. The monoisotopic (exact) mass is 458 g/mol. The van der Waals surface area contributed by atoms with Gasteiger partial charge in [0.1, 0.15) is 11.5 Å². The number of halogens is 1. The second-order valence-electron chi connectivity index (χ2n) is 8.19. The van der Waals surface area contributed by atoms with E-state index in [4.69, 9.17) is 9.47 Å². The van der Waals surface area contributed by atoms with Crippen molar-refractivity contribution in [2.24, 2.45) is 5.92 Å². The first-order valence-corrected chi connectivity index (χ1v) is 11.0. The summed E-state index contributed by atoms with van der Waals surface area (Å²) in [4.78, 5) is 30.9. The summed E-state index contributed by atoms with van der Waals surface area (Å²) < 4.78 is 10.7. The average Bonchev–Trinajstić information content (AvgIpc) is 2.84. The van der Waals surface area contributed by atoms with E-state index < -0.39 is 5.92 Å². The maximum atomic E-state index is 13.3. The lowest BCUT2D eigenvalue weighted by atomic mass is 9.79. The van der Waals surface area contributed by atoms with E-state index in [-0.39, 0.29) is 30.0 Å². The standard InChI is InChI=1S/C25H30N2O4.ClH/c1-30-19-12-10-18(11-13-19)24(28)20-6-5-8-22(25(20)29)27-16-14-26(15-17-27)21-7-3-4-9-23(21)31-2;/h3-4,7,9-13,20,22H,5-6,8,14-17H2,1-2H3;1H. The minimum absolute atomic E-state index is 0. The number of carbonyl (C=O) groups excluding carboxylic acids is 2. The summed E-state index contributed by atoms with van der Waals surface area (Å²) >= 11 is 0. The van der Waals surface area contributed by atoms with Gasteiger partial charge in [-0.15, -0.1) is 12.4 Å². The van der Waals surface area contributed by atoms with E-state index in [2.05, 4.69) is 15.9 Å². The smallest absolute Gasteiger partial charge is 0.173 e. The summed E-state index contributed by atoms with van der Waals surface area (Å²) in [7, 11) is 3.29. The Morgan fingerprint density at radius 3 is 2.25 bits per heavy atom. The Bertz CT molecular complexity index is 926. The fourth-order valence-electron chi connectivity index (χ4n) is 4.78. The first-order chi connectivity index (χ1) is 15.1. The summed E-state index contributed by atoms with van der Waals surface area (Å²) in [5, 5.41) is 0. The fraction of sp³-hybridized carbons (Fsp3) is 0.440. The highest BCUT2D eigenvalue weighted by molar-refractivity contribution is 6.12. The molecule has 1 saturated heterocycles. The van der Waals surface area contributed by atoms with Gasteiger partial charge in [-0.1, -0.05) is 18.6 Å². The highest BCUT2D eigenvalue weighted by Crippen LogP contribution is 2.31. The van der Waals surface area contributed by atoms with Gasteiger partial charge >= 0.3 is 0 Å². The predicted octanol–water partition coefficient (Wildman–Crippen LogP) is 3.87. The number of carbonyl (C=O) groups is 2. The van der Waals surface area contributed by atoms with Gasteiger partial charge in [0.05, 0.1) is 31.9 Å². The predicted molar refractivity (Wildman–Crippen MR) is 127 cm³/mol. The van der Waals surface area contributed by atoms with Gasteiger partial charge in [0, 0.05) is 31.7 Å². The molecule has 2 unspecified atom stereocenters. The number of nitrogens with zero attached hydrogens (tertiary/aromatic N) is 2. The Balaban J connectivity index is 0.00000289. The number of rotatable bonds is 6. The number of benzene rings is 2. The summed E-state index contributed by atoms with van der Waals surface area (Å²) in [6, 6.07) is 14.9. The Kier molecular flexibility index (Phi) is 8.15. The molecule has 0 radical (unpaired) electrons. The van der Waals surface area contributed by atoms with Gasteiger partial charge < -0.3 is 14.4 Å². The molecule has 2 aromatic carbocycles. The topological polar surface area (TPSA) is 59.1 Å². The van der Waals surface area contributed by atoms with Crippen LogP contribution in [0.25, 0.3) is 0 Å². The maximum Gasteiger partial charge on any atom is 0.173 e. The Labute approximate surface area is 195 Å². The van der Waals surface area contributed by atoms with E-state index in [1.165, 1.54) is 0 Å². The summed E-state index contributed by atoms with van der Waals surface area (Å²) in [5.41, 5.74) is 1.67. The molecule has 2 aromatic rings.